The van der Waals surface area contributed by atoms with Gasteiger partial charge in [-0.15, -0.1) is 0 Å². The molecule has 1 aliphatic heterocycles. The first-order chi connectivity index (χ1) is 41.4. The fraction of sp³-hybridized carbons (Fsp3) is 0.700. The molecule has 0 aromatic carbocycles. The number of aliphatic hydroxyl groups excluding tert-OH is 1. The molecule has 33 nitrogen and oxygen atoms in total. The molecule has 1 rings (SSSR count). The summed E-state index contributed by atoms with van der Waals surface area (Å²) in [5, 5.41) is 55.4. The standard InChI is InChI=1S/C50H87N17O16S5/c1-23(2)14-28(61-47(80)34-9-7-12-67(34)48(81)38(24(3)4)66-46(79)33(22-87)63-39(72)25(51)18-68)43(76)60-27(10-13-88-5)42(75)59-26(8-6-11-55-50(53)54)41(74)64-30(19-84)40(73)57-16-36(70)56-17-37(71)58-31(20-85)44(77)65-32(21-86)45(78)62-29(49(82)83)15-35(52)69/h23-34,38,68,84-87H,6-22,51H2,1-5H3,(H2,52,69)(H,56,70)(H,57,73)(H,58,71)(H,59,75)(H,60,76)(H,61,80)(H,62,78)(H,63,72)(H,64,74)(H,65,77)(H,66,79)(H,82,83)(H4,53,54,55)/t25-,26-,27-,28-,29-,30-,31-,32-,33-,34-,38-/m0/s1. The number of amides is 13. The molecule has 13 amide bonds. The van der Waals surface area contributed by atoms with Crippen LogP contribution in [0.4, 0.5) is 0 Å². The second kappa shape index (κ2) is 41.7. The van der Waals surface area contributed by atoms with E-state index in [1.165, 1.54) is 16.7 Å². The van der Waals surface area contributed by atoms with E-state index in [0.29, 0.717) is 12.2 Å². The summed E-state index contributed by atoms with van der Waals surface area (Å²) in [5.74, 6) is -14.6. The van der Waals surface area contributed by atoms with Crippen LogP contribution in [0, 0.1) is 17.2 Å². The number of hydrogen-bond donors (Lipinski definition) is 22. The summed E-state index contributed by atoms with van der Waals surface area (Å²) in [7, 11) is 0. The molecule has 1 fully saturated rings. The molecule has 1 heterocycles. The van der Waals surface area contributed by atoms with Gasteiger partial charge in [0.05, 0.1) is 26.1 Å². The molecule has 1 aliphatic rings. The topological polar surface area (TPSA) is 529 Å². The fourth-order valence-corrected chi connectivity index (χ4v) is 9.70. The number of nitrogens with two attached hydrogens (primary N) is 3. The number of carbonyl (C=O) groups is 14. The highest BCUT2D eigenvalue weighted by molar-refractivity contribution is 7.98. The Morgan fingerprint density at radius 1 is 0.591 bits per heavy atom. The maximum Gasteiger partial charge on any atom is 0.326 e. The van der Waals surface area contributed by atoms with Gasteiger partial charge in [0, 0.05) is 36.1 Å². The molecule has 88 heavy (non-hydrogen) atoms. The van der Waals surface area contributed by atoms with Gasteiger partial charge in [0.25, 0.3) is 0 Å². The highest BCUT2D eigenvalue weighted by Crippen LogP contribution is 2.22. The molecule has 0 saturated carbocycles. The highest BCUT2D eigenvalue weighted by Gasteiger charge is 2.41. The SMILES string of the molecule is CSCC[C@H](NC(=O)[C@H](CC(C)C)NC(=O)[C@@H]1CCCN1C(=O)[C@@H](NC(=O)[C@H](CS)NC(=O)[C@@H](N)CO)C(C)C)C(=O)N[C@@H](CCCNC(=N)N)C(=O)N[C@@H](CS)C(=O)NCC(=O)NCC(=O)N[C@@H](CS)C(=O)N[C@@H](CS)C(=O)N[C@@H](CC(N)=O)C(=O)O. The molecular formula is C50H87N17O16S5. The van der Waals surface area contributed by atoms with Crippen molar-refractivity contribution in [2.45, 2.75) is 139 Å². The summed E-state index contributed by atoms with van der Waals surface area (Å²) in [6, 6.07) is -14.7. The van der Waals surface area contributed by atoms with Gasteiger partial charge < -0.3 is 96.1 Å². The van der Waals surface area contributed by atoms with Gasteiger partial charge in [0.2, 0.25) is 76.8 Å². The molecule has 38 heteroatoms. The van der Waals surface area contributed by atoms with E-state index in [-0.39, 0.29) is 80.1 Å². The van der Waals surface area contributed by atoms with E-state index in [1.54, 1.807) is 34.0 Å². The Labute approximate surface area is 535 Å². The number of thiol groups is 4. The molecule has 0 aliphatic carbocycles. The highest BCUT2D eigenvalue weighted by atomic mass is 32.2. The van der Waals surface area contributed by atoms with Crippen molar-refractivity contribution >= 4 is 151 Å². The van der Waals surface area contributed by atoms with Gasteiger partial charge in [-0.3, -0.25) is 67.7 Å². The third-order valence-corrected chi connectivity index (χ3v) is 15.1. The van der Waals surface area contributed by atoms with Gasteiger partial charge in [0.1, 0.15) is 66.5 Å². The zero-order valence-electron chi connectivity index (χ0n) is 49.5. The predicted molar refractivity (Wildman–Crippen MR) is 336 cm³/mol. The molecule has 0 aromatic rings. The van der Waals surface area contributed by atoms with Crippen LogP contribution in [-0.4, -0.2) is 238 Å². The van der Waals surface area contributed by atoms with Crippen molar-refractivity contribution in [3.05, 3.63) is 0 Å². The van der Waals surface area contributed by atoms with E-state index < -0.39 is 181 Å². The summed E-state index contributed by atoms with van der Waals surface area (Å²) >= 11 is 17.7. The Hall–Kier alpha value is -6.48. The predicted octanol–water partition coefficient (Wildman–Crippen LogP) is -7.71. The third kappa shape index (κ3) is 28.8. The molecule has 1 saturated heterocycles. The zero-order chi connectivity index (χ0) is 67.0. The quantitative estimate of drug-likeness (QED) is 0.0117. The molecule has 0 bridgehead atoms. The Morgan fingerprint density at radius 3 is 1.55 bits per heavy atom. The van der Waals surface area contributed by atoms with Gasteiger partial charge >= 0.3 is 5.97 Å². The van der Waals surface area contributed by atoms with Crippen LogP contribution < -0.4 is 81.0 Å². The van der Waals surface area contributed by atoms with Crippen molar-refractivity contribution in [1.82, 2.24) is 68.7 Å². The molecule has 0 spiro atoms. The van der Waals surface area contributed by atoms with Crippen LogP contribution in [0.15, 0.2) is 0 Å². The van der Waals surface area contributed by atoms with Crippen molar-refractivity contribution in [3.63, 3.8) is 0 Å². The first-order valence-corrected chi connectivity index (χ1v) is 31.8. The van der Waals surface area contributed by atoms with Crippen LogP contribution in [0.5, 0.6) is 0 Å². The monoisotopic (exact) mass is 1340 g/mol. The van der Waals surface area contributed by atoms with E-state index in [9.17, 15) is 77.3 Å². The molecule has 498 valence electrons. The molecule has 0 unspecified atom stereocenters. The minimum absolute atomic E-state index is 0.0354. The second-order valence-corrected chi connectivity index (χ2v) is 23.3. The van der Waals surface area contributed by atoms with E-state index in [1.807, 2.05) is 0 Å². The smallest absolute Gasteiger partial charge is 0.326 e. The number of hydrogen-bond acceptors (Lipinski definition) is 22. The number of carbonyl (C=O) groups excluding carboxylic acids is 13. The van der Waals surface area contributed by atoms with Crippen molar-refractivity contribution in [2.75, 3.05) is 67.8 Å². The summed E-state index contributed by atoms with van der Waals surface area (Å²) in [4.78, 5) is 185. The minimum atomic E-state index is -1.70. The van der Waals surface area contributed by atoms with E-state index in [0.717, 1.165) is 0 Å². The first kappa shape index (κ1) is 79.5. The van der Waals surface area contributed by atoms with Crippen molar-refractivity contribution in [3.8, 4) is 0 Å². The average molecular weight is 1340 g/mol. The maximum atomic E-state index is 14.2. The largest absolute Gasteiger partial charge is 0.480 e. The van der Waals surface area contributed by atoms with Crippen molar-refractivity contribution in [1.29, 1.82) is 5.41 Å². The lowest BCUT2D eigenvalue weighted by Crippen LogP contribution is -2.61. The number of guanidine groups is 1. The normalized spacial score (nSPS) is 16.2. The Morgan fingerprint density at radius 2 is 1.06 bits per heavy atom. The summed E-state index contributed by atoms with van der Waals surface area (Å²) in [5.41, 5.74) is 16.1. The molecule has 21 N–H and O–H groups in total. The number of aliphatic carboxylic acids is 1. The Bertz CT molecular complexity index is 2460. The summed E-state index contributed by atoms with van der Waals surface area (Å²) in [6.45, 7) is 5.00. The van der Waals surface area contributed by atoms with E-state index >= 15 is 0 Å². The number of nitrogens with one attached hydrogen (secondary N) is 13. The van der Waals surface area contributed by atoms with E-state index in [4.69, 9.17) is 22.6 Å². The third-order valence-electron chi connectivity index (χ3n) is 13.0. The number of likely N-dealkylation sites (tertiary alicyclic amines) is 1. The molecule has 11 atom stereocenters. The summed E-state index contributed by atoms with van der Waals surface area (Å²) in [6.07, 6.45) is 1.77. The number of thioether (sulfide) groups is 1. The molecule has 0 radical (unpaired) electrons. The second-order valence-electron chi connectivity index (χ2n) is 20.9. The Kier molecular flexibility index (Phi) is 37.7. The number of carboxylic acids is 1. The molecular weight excluding hydrogens is 1250 g/mol. The lowest BCUT2D eigenvalue weighted by molar-refractivity contribution is -0.143. The van der Waals surface area contributed by atoms with Gasteiger partial charge in [-0.25, -0.2) is 4.79 Å². The number of carboxylic acid groups (broad SMARTS) is 1. The van der Waals surface area contributed by atoms with Gasteiger partial charge in [-0.1, -0.05) is 27.7 Å². The zero-order valence-corrected chi connectivity index (χ0v) is 53.9. The van der Waals surface area contributed by atoms with Crippen LogP contribution in [0.3, 0.4) is 0 Å². The average Bonchev–Trinajstić information content (AvgIpc) is 1.96. The number of rotatable bonds is 41. The number of aliphatic hydroxyl groups is 1. The van der Waals surface area contributed by atoms with Crippen LogP contribution in [-0.2, 0) is 67.1 Å². The van der Waals surface area contributed by atoms with Gasteiger partial charge in [-0.05, 0) is 62.4 Å². The van der Waals surface area contributed by atoms with Gasteiger partial charge in [0.15, 0.2) is 5.96 Å². The van der Waals surface area contributed by atoms with Gasteiger partial charge in [-0.2, -0.15) is 62.3 Å². The number of primary amides is 1. The Balaban J connectivity index is 3.19. The maximum absolute atomic E-state index is 14.2. The van der Waals surface area contributed by atoms with Crippen LogP contribution in [0.1, 0.15) is 72.6 Å². The molecule has 0 aromatic heterocycles. The summed E-state index contributed by atoms with van der Waals surface area (Å²) < 4.78 is 0. The van der Waals surface area contributed by atoms with Crippen LogP contribution in [0.25, 0.3) is 0 Å². The van der Waals surface area contributed by atoms with Crippen molar-refractivity contribution < 1.29 is 77.3 Å². The lowest BCUT2D eigenvalue weighted by Gasteiger charge is -2.32. The van der Waals surface area contributed by atoms with E-state index in [2.05, 4.69) is 114 Å². The van der Waals surface area contributed by atoms with Crippen LogP contribution in [0.2, 0.25) is 0 Å². The van der Waals surface area contributed by atoms with Crippen LogP contribution >= 0.6 is 62.3 Å². The lowest BCUT2D eigenvalue weighted by atomic mass is 10.0. The number of nitrogens with zero attached hydrogens (tertiary/aromatic N) is 1. The minimum Gasteiger partial charge on any atom is -0.480 e. The van der Waals surface area contributed by atoms with Crippen molar-refractivity contribution in [2.24, 2.45) is 29.0 Å². The fourth-order valence-electron chi connectivity index (χ4n) is 8.20. The first-order valence-electron chi connectivity index (χ1n) is 27.8.